The van der Waals surface area contributed by atoms with Gasteiger partial charge in [-0.2, -0.15) is 4.31 Å². The molecule has 1 N–H and O–H groups in total. The van der Waals surface area contributed by atoms with Gasteiger partial charge in [-0.25, -0.2) is 8.42 Å². The molecule has 0 spiro atoms. The van der Waals surface area contributed by atoms with Gasteiger partial charge in [0, 0.05) is 25.3 Å². The molecule has 0 bridgehead atoms. The molecule has 1 aromatic carbocycles. The third kappa shape index (κ3) is 3.24. The van der Waals surface area contributed by atoms with Crippen LogP contribution in [0.25, 0.3) is 0 Å². The molecule has 5 heteroatoms. The van der Waals surface area contributed by atoms with Gasteiger partial charge < -0.3 is 5.32 Å². The van der Waals surface area contributed by atoms with Gasteiger partial charge in [0.25, 0.3) is 0 Å². The number of nitrogens with zero attached hydrogens (tertiary/aromatic N) is 1. The lowest BCUT2D eigenvalue weighted by Crippen LogP contribution is -2.33. The molecule has 1 aliphatic heterocycles. The second kappa shape index (κ2) is 5.97. The monoisotopic (exact) mass is 308 g/mol. The summed E-state index contributed by atoms with van der Waals surface area (Å²) < 4.78 is 27.4. The van der Waals surface area contributed by atoms with Crippen LogP contribution in [-0.2, 0) is 16.4 Å². The predicted molar refractivity (Wildman–Crippen MR) is 85.0 cm³/mol. The van der Waals surface area contributed by atoms with E-state index in [4.69, 9.17) is 0 Å². The molecule has 1 aromatic rings. The zero-order valence-corrected chi connectivity index (χ0v) is 13.5. The van der Waals surface area contributed by atoms with Crippen molar-refractivity contribution in [3.8, 4) is 0 Å². The molecule has 0 atom stereocenters. The van der Waals surface area contributed by atoms with Gasteiger partial charge in [0.15, 0.2) is 0 Å². The van der Waals surface area contributed by atoms with Crippen molar-refractivity contribution in [2.45, 2.75) is 43.9 Å². The van der Waals surface area contributed by atoms with Gasteiger partial charge in [-0.1, -0.05) is 13.0 Å². The van der Waals surface area contributed by atoms with Crippen molar-refractivity contribution in [2.75, 3.05) is 25.0 Å². The van der Waals surface area contributed by atoms with E-state index in [0.717, 1.165) is 31.5 Å². The Hall–Kier alpha value is -1.07. The molecular weight excluding hydrogens is 284 g/mol. The molecule has 1 saturated carbocycles. The van der Waals surface area contributed by atoms with Crippen LogP contribution in [0.5, 0.6) is 0 Å². The first-order valence-corrected chi connectivity index (χ1v) is 9.42. The van der Waals surface area contributed by atoms with Crippen molar-refractivity contribution in [3.05, 3.63) is 23.8 Å². The zero-order chi connectivity index (χ0) is 14.9. The fourth-order valence-corrected chi connectivity index (χ4v) is 4.53. The average molecular weight is 308 g/mol. The molecule has 0 amide bonds. The number of hydrogen-bond donors (Lipinski definition) is 1. The first-order valence-electron chi connectivity index (χ1n) is 7.98. The first-order chi connectivity index (χ1) is 10.1. The van der Waals surface area contributed by atoms with E-state index in [1.807, 2.05) is 19.1 Å². The number of rotatable bonds is 6. The van der Waals surface area contributed by atoms with Gasteiger partial charge in [-0.3, -0.25) is 0 Å². The summed E-state index contributed by atoms with van der Waals surface area (Å²) >= 11 is 0. The van der Waals surface area contributed by atoms with Gasteiger partial charge in [-0.15, -0.1) is 0 Å². The molecule has 1 aliphatic carbocycles. The first kappa shape index (κ1) is 14.9. The number of aryl methyl sites for hydroxylation is 1. The second-order valence-electron chi connectivity index (χ2n) is 6.16. The Morgan fingerprint density at radius 3 is 2.86 bits per heavy atom. The summed E-state index contributed by atoms with van der Waals surface area (Å²) in [4.78, 5) is 0.435. The van der Waals surface area contributed by atoms with Gasteiger partial charge >= 0.3 is 0 Å². The smallest absolute Gasteiger partial charge is 0.243 e. The number of hydrogen-bond acceptors (Lipinski definition) is 3. The Balaban J connectivity index is 1.88. The summed E-state index contributed by atoms with van der Waals surface area (Å²) in [5.74, 6) is 0.571. The highest BCUT2D eigenvalue weighted by atomic mass is 32.2. The van der Waals surface area contributed by atoms with Crippen molar-refractivity contribution >= 4 is 15.7 Å². The van der Waals surface area contributed by atoms with Crippen LogP contribution in [0.4, 0.5) is 5.69 Å². The maximum Gasteiger partial charge on any atom is 0.243 e. The molecule has 0 radical (unpaired) electrons. The van der Waals surface area contributed by atoms with Crippen LogP contribution in [0.3, 0.4) is 0 Å². The number of fused-ring (bicyclic) bond motifs is 1. The second-order valence-corrected chi connectivity index (χ2v) is 8.09. The van der Waals surface area contributed by atoms with E-state index in [2.05, 4.69) is 5.32 Å². The minimum atomic E-state index is -3.36. The fourth-order valence-electron chi connectivity index (χ4n) is 2.90. The van der Waals surface area contributed by atoms with E-state index < -0.39 is 10.0 Å². The van der Waals surface area contributed by atoms with Gasteiger partial charge in [0.05, 0.1) is 4.90 Å². The molecule has 3 rings (SSSR count). The highest BCUT2D eigenvalue weighted by Gasteiger charge is 2.31. The van der Waals surface area contributed by atoms with E-state index in [1.165, 1.54) is 18.4 Å². The van der Waals surface area contributed by atoms with E-state index in [0.29, 0.717) is 23.9 Å². The van der Waals surface area contributed by atoms with Crippen LogP contribution in [0.15, 0.2) is 23.1 Å². The van der Waals surface area contributed by atoms with Crippen molar-refractivity contribution in [1.29, 1.82) is 0 Å². The third-order valence-electron chi connectivity index (χ3n) is 4.29. The largest absolute Gasteiger partial charge is 0.385 e. The Morgan fingerprint density at radius 2 is 2.14 bits per heavy atom. The highest BCUT2D eigenvalue weighted by molar-refractivity contribution is 7.89. The lowest BCUT2D eigenvalue weighted by molar-refractivity contribution is 0.395. The minimum Gasteiger partial charge on any atom is -0.385 e. The summed E-state index contributed by atoms with van der Waals surface area (Å²) in [5.41, 5.74) is 2.22. The molecule has 1 fully saturated rings. The number of benzene rings is 1. The van der Waals surface area contributed by atoms with Crippen molar-refractivity contribution in [3.63, 3.8) is 0 Å². The van der Waals surface area contributed by atoms with Crippen LogP contribution in [0.1, 0.15) is 38.2 Å². The van der Waals surface area contributed by atoms with E-state index in [-0.39, 0.29) is 0 Å². The summed E-state index contributed by atoms with van der Waals surface area (Å²) in [6.07, 6.45) is 5.34. The normalized spacial score (nSPS) is 18.4. The molecule has 1 heterocycles. The number of anilines is 1. The van der Waals surface area contributed by atoms with Gasteiger partial charge in [0.2, 0.25) is 10.0 Å². The molecule has 21 heavy (non-hydrogen) atoms. The average Bonchev–Trinajstić information content (AvgIpc) is 3.30. The lowest BCUT2D eigenvalue weighted by atomic mass is 10.0. The van der Waals surface area contributed by atoms with Crippen molar-refractivity contribution < 1.29 is 8.42 Å². The van der Waals surface area contributed by atoms with Crippen molar-refractivity contribution in [1.82, 2.24) is 4.31 Å². The maximum absolute atomic E-state index is 12.9. The highest BCUT2D eigenvalue weighted by Crippen LogP contribution is 2.32. The Kier molecular flexibility index (Phi) is 4.22. The van der Waals surface area contributed by atoms with E-state index in [9.17, 15) is 8.42 Å². The van der Waals surface area contributed by atoms with Crippen LogP contribution < -0.4 is 5.32 Å². The maximum atomic E-state index is 12.9. The van der Waals surface area contributed by atoms with Crippen LogP contribution in [0.2, 0.25) is 0 Å². The Morgan fingerprint density at radius 1 is 1.33 bits per heavy atom. The predicted octanol–water partition coefficient (Wildman–Crippen LogP) is 2.86. The van der Waals surface area contributed by atoms with Crippen LogP contribution >= 0.6 is 0 Å². The Bertz CT molecular complexity index is 609. The van der Waals surface area contributed by atoms with E-state index in [1.54, 1.807) is 10.4 Å². The standard InChI is InChI=1S/C16H24N2O2S/c1-2-10-18(12-13-5-6-13)21(19,20)15-8-7-14-4-3-9-17-16(14)11-15/h7-8,11,13,17H,2-6,9-10,12H2,1H3. The molecule has 116 valence electrons. The summed E-state index contributed by atoms with van der Waals surface area (Å²) in [5, 5.41) is 3.32. The van der Waals surface area contributed by atoms with Crippen LogP contribution in [-0.4, -0.2) is 32.4 Å². The molecule has 0 saturated heterocycles. The topological polar surface area (TPSA) is 49.4 Å². The third-order valence-corrected chi connectivity index (χ3v) is 6.15. The zero-order valence-electron chi connectivity index (χ0n) is 12.6. The van der Waals surface area contributed by atoms with Gasteiger partial charge in [-0.05, 0) is 55.7 Å². The van der Waals surface area contributed by atoms with Crippen LogP contribution in [0, 0.1) is 5.92 Å². The lowest BCUT2D eigenvalue weighted by Gasteiger charge is -2.23. The van der Waals surface area contributed by atoms with E-state index >= 15 is 0 Å². The van der Waals surface area contributed by atoms with Gasteiger partial charge in [0.1, 0.15) is 0 Å². The fraction of sp³-hybridized carbons (Fsp3) is 0.625. The number of nitrogens with one attached hydrogen (secondary N) is 1. The number of sulfonamides is 1. The summed E-state index contributed by atoms with van der Waals surface area (Å²) in [7, 11) is -3.36. The summed E-state index contributed by atoms with van der Waals surface area (Å²) in [6, 6.07) is 5.56. The Labute approximate surface area is 127 Å². The molecule has 4 nitrogen and oxygen atoms in total. The summed E-state index contributed by atoms with van der Waals surface area (Å²) in [6.45, 7) is 4.26. The SMILES string of the molecule is CCCN(CC1CC1)S(=O)(=O)c1ccc2c(c1)NCCC2. The molecule has 2 aliphatic rings. The molecule has 0 unspecified atom stereocenters. The molecule has 0 aromatic heterocycles. The quantitative estimate of drug-likeness (QED) is 0.879. The van der Waals surface area contributed by atoms with Crippen molar-refractivity contribution in [2.24, 2.45) is 5.92 Å². The minimum absolute atomic E-state index is 0.435. The molecular formula is C16H24N2O2S.